The first-order valence-electron chi connectivity index (χ1n) is 5.82. The van der Waals surface area contributed by atoms with Crippen molar-refractivity contribution in [2.45, 2.75) is 40.7 Å². The molecule has 0 rings (SSSR count). The van der Waals surface area contributed by atoms with Gasteiger partial charge in [-0.15, -0.1) is 0 Å². The van der Waals surface area contributed by atoms with Crippen LogP contribution in [0.2, 0.25) is 0 Å². The van der Waals surface area contributed by atoms with Crippen LogP contribution in [0.15, 0.2) is 0 Å². The van der Waals surface area contributed by atoms with E-state index in [1.807, 2.05) is 34.6 Å². The molecule has 1 amide bonds. The number of rotatable bonds is 5. The van der Waals surface area contributed by atoms with Crippen LogP contribution < -0.4 is 5.73 Å². The number of hydrogen-bond acceptors (Lipinski definition) is 3. The van der Waals surface area contributed by atoms with Crippen molar-refractivity contribution in [2.24, 2.45) is 17.1 Å². The highest BCUT2D eigenvalue weighted by Crippen LogP contribution is 2.19. The molecule has 17 heavy (non-hydrogen) atoms. The summed E-state index contributed by atoms with van der Waals surface area (Å²) in [5.74, 6) is -1.10. The second-order valence-corrected chi connectivity index (χ2v) is 5.85. The molecule has 5 heteroatoms. The first kappa shape index (κ1) is 15.9. The van der Waals surface area contributed by atoms with Gasteiger partial charge < -0.3 is 15.7 Å². The SMILES string of the molecule is CC(C)CN(CC(=O)O)C(=O)[C@H](N)C(C)(C)C. The maximum atomic E-state index is 12.1. The van der Waals surface area contributed by atoms with Crippen molar-refractivity contribution in [2.75, 3.05) is 13.1 Å². The minimum absolute atomic E-state index is 0.213. The third-order valence-corrected chi connectivity index (χ3v) is 2.42. The fourth-order valence-corrected chi connectivity index (χ4v) is 1.40. The summed E-state index contributed by atoms with van der Waals surface area (Å²) >= 11 is 0. The van der Waals surface area contributed by atoms with Gasteiger partial charge in [-0.3, -0.25) is 9.59 Å². The highest BCUT2D eigenvalue weighted by Gasteiger charge is 2.32. The van der Waals surface area contributed by atoms with Crippen LogP contribution in [0.5, 0.6) is 0 Å². The fourth-order valence-electron chi connectivity index (χ4n) is 1.40. The van der Waals surface area contributed by atoms with Gasteiger partial charge in [-0.05, 0) is 11.3 Å². The monoisotopic (exact) mass is 244 g/mol. The standard InChI is InChI=1S/C12H24N2O3/c1-8(2)6-14(7-9(15)16)11(17)10(13)12(3,4)5/h8,10H,6-7,13H2,1-5H3,(H,15,16)/t10-/m0/s1. The van der Waals surface area contributed by atoms with Crippen molar-refractivity contribution in [1.82, 2.24) is 4.90 Å². The summed E-state index contributed by atoms with van der Waals surface area (Å²) in [5.41, 5.74) is 5.49. The Hall–Kier alpha value is -1.10. The molecule has 0 bridgehead atoms. The predicted molar refractivity (Wildman–Crippen MR) is 66.5 cm³/mol. The molecular weight excluding hydrogens is 220 g/mol. The number of carboxylic acids is 1. The Balaban J connectivity index is 4.80. The van der Waals surface area contributed by atoms with Crippen LogP contribution in [0.4, 0.5) is 0 Å². The van der Waals surface area contributed by atoms with Crippen molar-refractivity contribution >= 4 is 11.9 Å². The number of carboxylic acid groups (broad SMARTS) is 1. The quantitative estimate of drug-likeness (QED) is 0.753. The largest absolute Gasteiger partial charge is 0.480 e. The Morgan fingerprint density at radius 2 is 1.76 bits per heavy atom. The minimum atomic E-state index is -1.01. The van der Waals surface area contributed by atoms with Gasteiger partial charge >= 0.3 is 5.97 Å². The molecule has 0 fully saturated rings. The van der Waals surface area contributed by atoms with Gasteiger partial charge in [-0.1, -0.05) is 34.6 Å². The van der Waals surface area contributed by atoms with Crippen molar-refractivity contribution in [3.05, 3.63) is 0 Å². The second kappa shape index (κ2) is 6.00. The van der Waals surface area contributed by atoms with E-state index < -0.39 is 12.0 Å². The number of nitrogens with zero attached hydrogens (tertiary/aromatic N) is 1. The van der Waals surface area contributed by atoms with Crippen LogP contribution >= 0.6 is 0 Å². The number of aliphatic carboxylic acids is 1. The maximum absolute atomic E-state index is 12.1. The first-order chi connectivity index (χ1) is 7.55. The van der Waals surface area contributed by atoms with E-state index in [1.165, 1.54) is 4.90 Å². The lowest BCUT2D eigenvalue weighted by molar-refractivity contribution is -0.146. The van der Waals surface area contributed by atoms with Gasteiger partial charge in [-0.2, -0.15) is 0 Å². The molecule has 0 saturated heterocycles. The Kier molecular flexibility index (Phi) is 5.61. The van der Waals surface area contributed by atoms with Crippen molar-refractivity contribution < 1.29 is 14.7 Å². The van der Waals surface area contributed by atoms with E-state index in [4.69, 9.17) is 10.8 Å². The topological polar surface area (TPSA) is 83.6 Å². The van der Waals surface area contributed by atoms with E-state index in [2.05, 4.69) is 0 Å². The van der Waals surface area contributed by atoms with E-state index in [9.17, 15) is 9.59 Å². The molecule has 0 aliphatic carbocycles. The molecule has 0 spiro atoms. The van der Waals surface area contributed by atoms with Crippen molar-refractivity contribution in [3.8, 4) is 0 Å². The summed E-state index contributed by atoms with van der Waals surface area (Å²) in [7, 11) is 0. The molecule has 3 N–H and O–H groups in total. The van der Waals surface area contributed by atoms with Crippen LogP contribution in [-0.4, -0.2) is 41.0 Å². The Morgan fingerprint density at radius 3 is 2.06 bits per heavy atom. The third kappa shape index (κ3) is 5.68. The molecule has 1 atom stereocenters. The third-order valence-electron chi connectivity index (χ3n) is 2.42. The first-order valence-corrected chi connectivity index (χ1v) is 5.82. The zero-order valence-electron chi connectivity index (χ0n) is 11.4. The van der Waals surface area contributed by atoms with Crippen LogP contribution in [0.3, 0.4) is 0 Å². The van der Waals surface area contributed by atoms with Crippen LogP contribution in [0, 0.1) is 11.3 Å². The van der Waals surface area contributed by atoms with Gasteiger partial charge in [-0.25, -0.2) is 0 Å². The molecule has 0 aromatic rings. The van der Waals surface area contributed by atoms with Gasteiger partial charge in [0, 0.05) is 6.54 Å². The maximum Gasteiger partial charge on any atom is 0.323 e. The highest BCUT2D eigenvalue weighted by molar-refractivity contribution is 5.85. The van der Waals surface area contributed by atoms with Gasteiger partial charge in [0.25, 0.3) is 0 Å². The summed E-state index contributed by atoms with van der Waals surface area (Å²) in [4.78, 5) is 24.2. The molecule has 0 radical (unpaired) electrons. The summed E-state index contributed by atoms with van der Waals surface area (Å²) in [6.07, 6.45) is 0. The fraction of sp³-hybridized carbons (Fsp3) is 0.833. The second-order valence-electron chi connectivity index (χ2n) is 5.85. The summed E-state index contributed by atoms with van der Waals surface area (Å²) in [6, 6.07) is -0.680. The van der Waals surface area contributed by atoms with Gasteiger partial charge in [0.15, 0.2) is 0 Å². The molecule has 0 aliphatic rings. The number of carbonyl (C=O) groups is 2. The predicted octanol–water partition coefficient (Wildman–Crippen LogP) is 0.929. The molecule has 0 saturated carbocycles. The summed E-state index contributed by atoms with van der Waals surface area (Å²) in [5, 5.41) is 8.80. The molecule has 100 valence electrons. The zero-order valence-corrected chi connectivity index (χ0v) is 11.4. The van der Waals surface area contributed by atoms with Crippen molar-refractivity contribution in [1.29, 1.82) is 0 Å². The Labute approximate surface area is 103 Å². The molecule has 5 nitrogen and oxygen atoms in total. The van der Waals surface area contributed by atoms with Gasteiger partial charge in [0.1, 0.15) is 6.54 Å². The van der Waals surface area contributed by atoms with Crippen molar-refractivity contribution in [3.63, 3.8) is 0 Å². The minimum Gasteiger partial charge on any atom is -0.480 e. The number of amides is 1. The van der Waals surface area contributed by atoms with E-state index in [0.717, 1.165) is 0 Å². The van der Waals surface area contributed by atoms with E-state index in [0.29, 0.717) is 6.54 Å². The van der Waals surface area contributed by atoms with E-state index >= 15 is 0 Å². The van der Waals surface area contributed by atoms with Crippen LogP contribution in [0.1, 0.15) is 34.6 Å². The molecule has 0 aliphatic heterocycles. The zero-order chi connectivity index (χ0) is 13.8. The molecule has 0 aromatic heterocycles. The lowest BCUT2D eigenvalue weighted by Crippen LogP contribution is -2.52. The Bertz CT molecular complexity index is 282. The molecular formula is C12H24N2O3. The van der Waals surface area contributed by atoms with E-state index in [-0.39, 0.29) is 23.8 Å². The molecule has 0 unspecified atom stereocenters. The normalized spacial score (nSPS) is 13.6. The molecule has 0 aromatic carbocycles. The van der Waals surface area contributed by atoms with Gasteiger partial charge in [0.2, 0.25) is 5.91 Å². The van der Waals surface area contributed by atoms with Crippen LogP contribution in [-0.2, 0) is 9.59 Å². The summed E-state index contributed by atoms with van der Waals surface area (Å²) < 4.78 is 0. The highest BCUT2D eigenvalue weighted by atomic mass is 16.4. The molecule has 0 heterocycles. The lowest BCUT2D eigenvalue weighted by atomic mass is 9.86. The number of carbonyl (C=O) groups excluding carboxylic acids is 1. The number of hydrogen-bond donors (Lipinski definition) is 2. The summed E-state index contributed by atoms with van der Waals surface area (Å²) in [6.45, 7) is 9.59. The number of nitrogens with two attached hydrogens (primary N) is 1. The lowest BCUT2D eigenvalue weighted by Gasteiger charge is -2.32. The smallest absolute Gasteiger partial charge is 0.323 e. The average molecular weight is 244 g/mol. The van der Waals surface area contributed by atoms with Gasteiger partial charge in [0.05, 0.1) is 6.04 Å². The Morgan fingerprint density at radius 1 is 1.29 bits per heavy atom. The average Bonchev–Trinajstić information content (AvgIpc) is 2.11. The van der Waals surface area contributed by atoms with E-state index in [1.54, 1.807) is 0 Å². The van der Waals surface area contributed by atoms with Crippen LogP contribution in [0.25, 0.3) is 0 Å².